The van der Waals surface area contributed by atoms with Crippen molar-refractivity contribution in [3.63, 3.8) is 0 Å². The lowest BCUT2D eigenvalue weighted by atomic mass is 9.70. The fourth-order valence-corrected chi connectivity index (χ4v) is 2.75. The molecule has 1 unspecified atom stereocenters. The highest BCUT2D eigenvalue weighted by atomic mass is 15.0. The van der Waals surface area contributed by atoms with E-state index in [9.17, 15) is 0 Å². The third-order valence-corrected chi connectivity index (χ3v) is 4.45. The minimum atomic E-state index is 0.450. The van der Waals surface area contributed by atoms with E-state index in [1.807, 2.05) is 7.05 Å². The summed E-state index contributed by atoms with van der Waals surface area (Å²) in [7, 11) is 1.96. The van der Waals surface area contributed by atoms with E-state index in [2.05, 4.69) is 36.1 Å². The summed E-state index contributed by atoms with van der Waals surface area (Å²) >= 11 is 0. The zero-order chi connectivity index (χ0) is 12.5. The molecule has 0 fully saturated rings. The summed E-state index contributed by atoms with van der Waals surface area (Å²) in [5, 5.41) is 3.15. The molecule has 17 heavy (non-hydrogen) atoms. The standard InChI is InChI=1S/C14H25N3/c1-5-14(2,3)10-6-7-11-12(8-10)17-13(16-11)9-15-4/h10,15H,5-9H2,1-4H3,(H,16,17). The van der Waals surface area contributed by atoms with Crippen molar-refractivity contribution in [2.45, 2.75) is 53.0 Å². The van der Waals surface area contributed by atoms with Crippen LogP contribution in [0.5, 0.6) is 0 Å². The molecule has 1 aromatic rings. The van der Waals surface area contributed by atoms with Crippen molar-refractivity contribution >= 4 is 0 Å². The molecule has 3 heteroatoms. The predicted octanol–water partition coefficient (Wildman–Crippen LogP) is 2.67. The van der Waals surface area contributed by atoms with Crippen LogP contribution in [0.4, 0.5) is 0 Å². The van der Waals surface area contributed by atoms with E-state index in [1.165, 1.54) is 30.7 Å². The highest BCUT2D eigenvalue weighted by molar-refractivity contribution is 5.19. The van der Waals surface area contributed by atoms with Gasteiger partial charge in [-0.25, -0.2) is 4.98 Å². The van der Waals surface area contributed by atoms with Crippen LogP contribution in [0.25, 0.3) is 0 Å². The topological polar surface area (TPSA) is 40.7 Å². The van der Waals surface area contributed by atoms with E-state index in [0.29, 0.717) is 5.41 Å². The molecular weight excluding hydrogens is 210 g/mol. The fraction of sp³-hybridized carbons (Fsp3) is 0.786. The Kier molecular flexibility index (Phi) is 3.57. The van der Waals surface area contributed by atoms with Crippen LogP contribution in [0.2, 0.25) is 0 Å². The van der Waals surface area contributed by atoms with E-state index >= 15 is 0 Å². The van der Waals surface area contributed by atoms with Gasteiger partial charge in [-0.2, -0.15) is 0 Å². The number of aromatic nitrogens is 2. The van der Waals surface area contributed by atoms with Gasteiger partial charge in [-0.3, -0.25) is 0 Å². The smallest absolute Gasteiger partial charge is 0.120 e. The zero-order valence-corrected chi connectivity index (χ0v) is 11.6. The number of H-pyrrole nitrogens is 1. The zero-order valence-electron chi connectivity index (χ0n) is 11.6. The molecule has 0 radical (unpaired) electrons. The number of nitrogens with one attached hydrogen (secondary N) is 2. The number of imidazole rings is 1. The van der Waals surface area contributed by atoms with Gasteiger partial charge < -0.3 is 10.3 Å². The van der Waals surface area contributed by atoms with Crippen molar-refractivity contribution in [3.05, 3.63) is 17.2 Å². The van der Waals surface area contributed by atoms with Gasteiger partial charge in [0.05, 0.1) is 12.2 Å². The van der Waals surface area contributed by atoms with Crippen LogP contribution in [-0.2, 0) is 19.4 Å². The maximum Gasteiger partial charge on any atom is 0.120 e. The van der Waals surface area contributed by atoms with Gasteiger partial charge in [0.25, 0.3) is 0 Å². The van der Waals surface area contributed by atoms with Crippen molar-refractivity contribution in [1.29, 1.82) is 0 Å². The molecule has 1 heterocycles. The Balaban J connectivity index is 2.13. The molecule has 0 bridgehead atoms. The van der Waals surface area contributed by atoms with Gasteiger partial charge in [0, 0.05) is 5.69 Å². The van der Waals surface area contributed by atoms with Crippen LogP contribution in [0.1, 0.15) is 50.8 Å². The third-order valence-electron chi connectivity index (χ3n) is 4.45. The lowest BCUT2D eigenvalue weighted by Gasteiger charge is -2.35. The number of hydrogen-bond acceptors (Lipinski definition) is 2. The Bertz CT molecular complexity index is 379. The molecular formula is C14H25N3. The SMILES string of the molecule is CCC(C)(C)C1CCc2nc(CNC)[nH]c2C1. The number of fused-ring (bicyclic) bond motifs is 1. The second kappa shape index (κ2) is 4.81. The molecule has 0 aliphatic heterocycles. The number of rotatable bonds is 4. The van der Waals surface area contributed by atoms with E-state index < -0.39 is 0 Å². The molecule has 96 valence electrons. The molecule has 0 amide bonds. The molecule has 1 aliphatic rings. The Labute approximate surface area is 104 Å². The van der Waals surface area contributed by atoms with E-state index in [0.717, 1.165) is 24.7 Å². The average molecular weight is 235 g/mol. The number of aromatic amines is 1. The van der Waals surface area contributed by atoms with Gasteiger partial charge in [0.15, 0.2) is 0 Å². The van der Waals surface area contributed by atoms with E-state index in [1.54, 1.807) is 0 Å². The van der Waals surface area contributed by atoms with Gasteiger partial charge in [-0.15, -0.1) is 0 Å². The highest BCUT2D eigenvalue weighted by Gasteiger charge is 2.32. The lowest BCUT2D eigenvalue weighted by molar-refractivity contribution is 0.181. The van der Waals surface area contributed by atoms with Crippen LogP contribution >= 0.6 is 0 Å². The Morgan fingerprint density at radius 3 is 2.88 bits per heavy atom. The second-order valence-electron chi connectivity index (χ2n) is 5.92. The first kappa shape index (κ1) is 12.6. The van der Waals surface area contributed by atoms with Gasteiger partial charge in [-0.1, -0.05) is 27.2 Å². The van der Waals surface area contributed by atoms with Gasteiger partial charge in [0.2, 0.25) is 0 Å². The molecule has 3 nitrogen and oxygen atoms in total. The monoisotopic (exact) mass is 235 g/mol. The van der Waals surface area contributed by atoms with Gasteiger partial charge in [0.1, 0.15) is 5.82 Å². The van der Waals surface area contributed by atoms with E-state index in [4.69, 9.17) is 0 Å². The van der Waals surface area contributed by atoms with Crippen LogP contribution in [0.15, 0.2) is 0 Å². The Morgan fingerprint density at radius 1 is 1.47 bits per heavy atom. The summed E-state index contributed by atoms with van der Waals surface area (Å²) in [6.45, 7) is 7.94. The molecule has 1 aliphatic carbocycles. The quantitative estimate of drug-likeness (QED) is 0.842. The minimum Gasteiger partial charge on any atom is -0.345 e. The molecule has 0 saturated carbocycles. The fourth-order valence-electron chi connectivity index (χ4n) is 2.75. The third kappa shape index (κ3) is 2.54. The highest BCUT2D eigenvalue weighted by Crippen LogP contribution is 2.39. The first-order chi connectivity index (χ1) is 8.06. The van der Waals surface area contributed by atoms with Gasteiger partial charge in [-0.05, 0) is 37.6 Å². The van der Waals surface area contributed by atoms with Crippen LogP contribution in [0, 0.1) is 11.3 Å². The molecule has 2 rings (SSSR count). The van der Waals surface area contributed by atoms with Crippen molar-refractivity contribution in [2.75, 3.05) is 7.05 Å². The summed E-state index contributed by atoms with van der Waals surface area (Å²) in [5.41, 5.74) is 3.14. The normalized spacial score (nSPS) is 20.4. The first-order valence-electron chi connectivity index (χ1n) is 6.78. The van der Waals surface area contributed by atoms with E-state index in [-0.39, 0.29) is 0 Å². The van der Waals surface area contributed by atoms with Crippen LogP contribution < -0.4 is 5.32 Å². The number of nitrogens with zero attached hydrogens (tertiary/aromatic N) is 1. The van der Waals surface area contributed by atoms with Crippen LogP contribution in [-0.4, -0.2) is 17.0 Å². The average Bonchev–Trinajstić information content (AvgIpc) is 2.70. The molecule has 1 aromatic heterocycles. The van der Waals surface area contributed by atoms with Crippen molar-refractivity contribution in [3.8, 4) is 0 Å². The molecule has 0 saturated heterocycles. The lowest BCUT2D eigenvalue weighted by Crippen LogP contribution is -2.29. The summed E-state index contributed by atoms with van der Waals surface area (Å²) in [5.74, 6) is 1.88. The molecule has 0 spiro atoms. The Morgan fingerprint density at radius 2 is 2.24 bits per heavy atom. The maximum atomic E-state index is 4.66. The van der Waals surface area contributed by atoms with Crippen LogP contribution in [0.3, 0.4) is 0 Å². The summed E-state index contributed by atoms with van der Waals surface area (Å²) in [6, 6.07) is 0. The largest absolute Gasteiger partial charge is 0.345 e. The summed E-state index contributed by atoms with van der Waals surface area (Å²) in [4.78, 5) is 8.15. The van der Waals surface area contributed by atoms with Gasteiger partial charge >= 0.3 is 0 Å². The van der Waals surface area contributed by atoms with Crippen molar-refractivity contribution < 1.29 is 0 Å². The molecule has 1 atom stereocenters. The van der Waals surface area contributed by atoms with Crippen molar-refractivity contribution in [1.82, 2.24) is 15.3 Å². The first-order valence-corrected chi connectivity index (χ1v) is 6.78. The maximum absolute atomic E-state index is 4.66. The summed E-state index contributed by atoms with van der Waals surface area (Å²) in [6.07, 6.45) is 4.86. The number of hydrogen-bond donors (Lipinski definition) is 2. The number of aryl methyl sites for hydroxylation is 1. The molecule has 2 N–H and O–H groups in total. The minimum absolute atomic E-state index is 0.450. The molecule has 0 aromatic carbocycles. The predicted molar refractivity (Wildman–Crippen MR) is 70.9 cm³/mol. The second-order valence-corrected chi connectivity index (χ2v) is 5.92. The summed E-state index contributed by atoms with van der Waals surface area (Å²) < 4.78 is 0. The van der Waals surface area contributed by atoms with Crippen molar-refractivity contribution in [2.24, 2.45) is 11.3 Å². The Hall–Kier alpha value is -0.830.